The molecule has 0 bridgehead atoms. The lowest BCUT2D eigenvalue weighted by Crippen LogP contribution is -2.53. The predicted molar refractivity (Wildman–Crippen MR) is 115 cm³/mol. The minimum atomic E-state index is -1.86. The number of hydrogen-bond acceptors (Lipinski definition) is 13. The summed E-state index contributed by atoms with van der Waals surface area (Å²) < 4.78 is 0. The molecule has 1 amide bonds. The molecule has 14 nitrogen and oxygen atoms in total. The Hall–Kier alpha value is -1.01. The molecule has 0 aromatic rings. The van der Waals surface area contributed by atoms with Gasteiger partial charge in [0, 0.05) is 13.1 Å². The van der Waals surface area contributed by atoms with E-state index in [1.807, 2.05) is 0 Å². The van der Waals surface area contributed by atoms with Crippen molar-refractivity contribution in [1.82, 2.24) is 10.2 Å². The molecule has 0 aromatic heterocycles. The van der Waals surface area contributed by atoms with Crippen molar-refractivity contribution in [1.29, 1.82) is 0 Å². The summed E-state index contributed by atoms with van der Waals surface area (Å²) in [6.45, 7) is -0.191. The minimum Gasteiger partial charge on any atom is -0.394 e. The van der Waals surface area contributed by atoms with Gasteiger partial charge in [-0.25, -0.2) is 0 Å². The summed E-state index contributed by atoms with van der Waals surface area (Å²) in [5.41, 5.74) is 5.26. The third-order valence-electron chi connectivity index (χ3n) is 5.33. The van der Waals surface area contributed by atoms with Crippen LogP contribution >= 0.6 is 0 Å². The van der Waals surface area contributed by atoms with Crippen molar-refractivity contribution in [3.63, 3.8) is 0 Å². The van der Waals surface area contributed by atoms with Crippen molar-refractivity contribution < 1.29 is 55.9 Å². The van der Waals surface area contributed by atoms with E-state index in [1.54, 1.807) is 6.92 Å². The zero-order chi connectivity index (χ0) is 25.7. The van der Waals surface area contributed by atoms with Crippen LogP contribution in [-0.2, 0) is 4.79 Å². The van der Waals surface area contributed by atoms with E-state index < -0.39 is 74.0 Å². The van der Waals surface area contributed by atoms with Gasteiger partial charge in [0.2, 0.25) is 5.91 Å². The van der Waals surface area contributed by atoms with E-state index in [0.29, 0.717) is 19.4 Å². The van der Waals surface area contributed by atoms with Crippen LogP contribution < -0.4 is 11.1 Å². The highest BCUT2D eigenvalue weighted by Gasteiger charge is 2.34. The first-order chi connectivity index (χ1) is 15.4. The molecule has 0 heterocycles. The van der Waals surface area contributed by atoms with Gasteiger partial charge in [-0.3, -0.25) is 9.69 Å². The standard InChI is InChI=1S/C19H41N3O11/c1-2-10(19(20)33)21-4-3-5-22(6-11(25)15(29)17(31)13(27)8-23)7-12(26)16(30)18(32)14(28)9-24/h10-18,21,23-32H,2-9H2,1H3,(H2,20,33)/t10?,11-,12-,13+,14+,15+,16+,17+,18+/m0/s1. The van der Waals surface area contributed by atoms with E-state index in [4.69, 9.17) is 15.9 Å². The molecule has 0 spiro atoms. The molecule has 0 saturated carbocycles. The second-order valence-electron chi connectivity index (χ2n) is 8.03. The van der Waals surface area contributed by atoms with E-state index in [0.717, 1.165) is 0 Å². The second-order valence-corrected chi connectivity index (χ2v) is 8.03. The third-order valence-corrected chi connectivity index (χ3v) is 5.33. The Morgan fingerprint density at radius 3 is 1.52 bits per heavy atom. The molecule has 198 valence electrons. The minimum absolute atomic E-state index is 0.146. The molecule has 0 fully saturated rings. The van der Waals surface area contributed by atoms with Crippen molar-refractivity contribution in [3.05, 3.63) is 0 Å². The first-order valence-electron chi connectivity index (χ1n) is 10.8. The summed E-state index contributed by atoms with van der Waals surface area (Å²) in [4.78, 5) is 12.7. The van der Waals surface area contributed by atoms with Gasteiger partial charge in [0.1, 0.15) is 36.6 Å². The van der Waals surface area contributed by atoms with Gasteiger partial charge in [-0.1, -0.05) is 6.92 Å². The Labute approximate surface area is 192 Å². The fourth-order valence-electron chi connectivity index (χ4n) is 3.15. The molecule has 1 unspecified atom stereocenters. The zero-order valence-electron chi connectivity index (χ0n) is 18.8. The van der Waals surface area contributed by atoms with E-state index in [9.17, 15) is 45.6 Å². The topological polar surface area (TPSA) is 261 Å². The summed E-state index contributed by atoms with van der Waals surface area (Å²) in [5, 5.41) is 99.8. The number of nitrogens with zero attached hydrogens (tertiary/aromatic N) is 1. The SMILES string of the molecule is CCC(NCCCN(C[C@H](O)[C@@H](O)[C@H](O)[C@H](O)CO)C[C@H](O)[C@@H](O)[C@H](O)[C@H](O)CO)C(N)=O. The summed E-state index contributed by atoms with van der Waals surface area (Å²) in [6.07, 6.45) is -13.3. The maximum absolute atomic E-state index is 11.3. The van der Waals surface area contributed by atoms with Gasteiger partial charge < -0.3 is 62.1 Å². The number of nitrogens with one attached hydrogen (secondary N) is 1. The zero-order valence-corrected chi connectivity index (χ0v) is 18.8. The molecule has 14 heteroatoms. The molecular formula is C19H41N3O11. The number of rotatable bonds is 19. The average Bonchev–Trinajstić information content (AvgIpc) is 2.80. The van der Waals surface area contributed by atoms with E-state index >= 15 is 0 Å². The van der Waals surface area contributed by atoms with Gasteiger partial charge in [-0.2, -0.15) is 0 Å². The van der Waals surface area contributed by atoms with Gasteiger partial charge >= 0.3 is 0 Å². The summed E-state index contributed by atoms with van der Waals surface area (Å²) in [5.74, 6) is -0.528. The lowest BCUT2D eigenvalue weighted by atomic mass is 10.0. The number of nitrogens with two attached hydrogens (primary N) is 1. The highest BCUT2D eigenvalue weighted by Crippen LogP contribution is 2.11. The Morgan fingerprint density at radius 1 is 0.788 bits per heavy atom. The molecule has 0 rings (SSSR count). The van der Waals surface area contributed by atoms with E-state index in [1.165, 1.54) is 4.90 Å². The summed E-state index contributed by atoms with van der Waals surface area (Å²) >= 11 is 0. The lowest BCUT2D eigenvalue weighted by molar-refractivity contribution is -0.130. The molecule has 0 aliphatic rings. The van der Waals surface area contributed by atoms with Crippen LogP contribution in [0.1, 0.15) is 19.8 Å². The summed E-state index contributed by atoms with van der Waals surface area (Å²) in [7, 11) is 0. The quantitative estimate of drug-likeness (QED) is 0.0757. The molecule has 9 atom stereocenters. The predicted octanol–water partition coefficient (Wildman–Crippen LogP) is -6.60. The molecular weight excluding hydrogens is 446 g/mol. The fourth-order valence-corrected chi connectivity index (χ4v) is 3.15. The van der Waals surface area contributed by atoms with Gasteiger partial charge in [-0.15, -0.1) is 0 Å². The van der Waals surface area contributed by atoms with Crippen LogP contribution in [0.25, 0.3) is 0 Å². The van der Waals surface area contributed by atoms with Crippen molar-refractivity contribution in [3.8, 4) is 0 Å². The largest absolute Gasteiger partial charge is 0.394 e. The molecule has 0 aliphatic heterocycles. The molecule has 0 aliphatic carbocycles. The van der Waals surface area contributed by atoms with Crippen LogP contribution in [0.4, 0.5) is 0 Å². The van der Waals surface area contributed by atoms with Crippen LogP contribution in [-0.4, -0.2) is 156 Å². The Bertz CT molecular complexity index is 503. The fraction of sp³-hybridized carbons (Fsp3) is 0.947. The lowest BCUT2D eigenvalue weighted by Gasteiger charge is -2.33. The summed E-state index contributed by atoms with van der Waals surface area (Å²) in [6, 6.07) is -0.552. The molecule has 0 saturated heterocycles. The van der Waals surface area contributed by atoms with Gasteiger partial charge in [0.05, 0.1) is 31.5 Å². The Kier molecular flexibility index (Phi) is 16.1. The van der Waals surface area contributed by atoms with Gasteiger partial charge in [0.25, 0.3) is 0 Å². The Morgan fingerprint density at radius 2 is 1.18 bits per heavy atom. The smallest absolute Gasteiger partial charge is 0.234 e. The second kappa shape index (κ2) is 16.6. The molecule has 0 radical (unpaired) electrons. The normalized spacial score (nSPS) is 20.5. The van der Waals surface area contributed by atoms with Crippen molar-refractivity contribution >= 4 is 5.91 Å². The number of hydrogen-bond donors (Lipinski definition) is 12. The number of carbonyl (C=O) groups excluding carboxylic acids is 1. The van der Waals surface area contributed by atoms with Crippen molar-refractivity contribution in [2.75, 3.05) is 39.4 Å². The van der Waals surface area contributed by atoms with E-state index in [2.05, 4.69) is 5.32 Å². The maximum Gasteiger partial charge on any atom is 0.234 e. The third kappa shape index (κ3) is 11.3. The molecule has 33 heavy (non-hydrogen) atoms. The van der Waals surface area contributed by atoms with Gasteiger partial charge in [0.15, 0.2) is 0 Å². The highest BCUT2D eigenvalue weighted by molar-refractivity contribution is 5.79. The van der Waals surface area contributed by atoms with Crippen LogP contribution in [0.2, 0.25) is 0 Å². The maximum atomic E-state index is 11.3. The highest BCUT2D eigenvalue weighted by atomic mass is 16.4. The number of aliphatic hydroxyl groups is 10. The van der Waals surface area contributed by atoms with Crippen LogP contribution in [0.15, 0.2) is 0 Å². The molecule has 13 N–H and O–H groups in total. The van der Waals surface area contributed by atoms with Crippen LogP contribution in [0.5, 0.6) is 0 Å². The number of primary amides is 1. The number of amides is 1. The van der Waals surface area contributed by atoms with E-state index in [-0.39, 0.29) is 19.6 Å². The first-order valence-corrected chi connectivity index (χ1v) is 10.8. The van der Waals surface area contributed by atoms with Crippen molar-refractivity contribution in [2.45, 2.75) is 74.6 Å². The number of aliphatic hydroxyl groups excluding tert-OH is 10. The number of carbonyl (C=O) groups is 1. The van der Waals surface area contributed by atoms with Crippen molar-refractivity contribution in [2.24, 2.45) is 5.73 Å². The first kappa shape index (κ1) is 32.0. The Balaban J connectivity index is 5.16. The monoisotopic (exact) mass is 487 g/mol. The van der Waals surface area contributed by atoms with Gasteiger partial charge in [-0.05, 0) is 25.9 Å². The average molecular weight is 488 g/mol. The molecule has 0 aromatic carbocycles. The van der Waals surface area contributed by atoms with Crippen LogP contribution in [0.3, 0.4) is 0 Å². The van der Waals surface area contributed by atoms with Crippen LogP contribution in [0, 0.1) is 0 Å².